The number of carbonyl (C=O) groups excluding carboxylic acids is 3. The van der Waals surface area contributed by atoms with Crippen molar-refractivity contribution in [1.82, 2.24) is 20.1 Å². The molecule has 8 nitrogen and oxygen atoms in total. The lowest BCUT2D eigenvalue weighted by molar-refractivity contribution is -0.133. The molecule has 2 heterocycles. The maximum absolute atomic E-state index is 13.6. The molecule has 1 atom stereocenters. The number of rotatable bonds is 5. The van der Waals surface area contributed by atoms with Crippen molar-refractivity contribution in [3.63, 3.8) is 0 Å². The molecule has 2 aromatic carbocycles. The Kier molecular flexibility index (Phi) is 7.37. The van der Waals surface area contributed by atoms with E-state index in [0.29, 0.717) is 49.6 Å². The van der Waals surface area contributed by atoms with E-state index in [1.54, 1.807) is 34.1 Å². The summed E-state index contributed by atoms with van der Waals surface area (Å²) in [6.07, 6.45) is 2.40. The zero-order valence-corrected chi connectivity index (χ0v) is 19.7. The van der Waals surface area contributed by atoms with E-state index in [2.05, 4.69) is 10.3 Å². The summed E-state index contributed by atoms with van der Waals surface area (Å²) in [4.78, 5) is 45.1. The number of amides is 3. The Morgan fingerprint density at radius 3 is 2.53 bits per heavy atom. The van der Waals surface area contributed by atoms with Crippen LogP contribution in [0, 0.1) is 0 Å². The Morgan fingerprint density at radius 2 is 1.74 bits per heavy atom. The number of halogens is 1. The first kappa shape index (κ1) is 23.6. The molecule has 1 fully saturated rings. The average molecular weight is 483 g/mol. The molecule has 34 heavy (non-hydrogen) atoms. The van der Waals surface area contributed by atoms with Crippen LogP contribution in [0.2, 0.25) is 5.02 Å². The van der Waals surface area contributed by atoms with E-state index >= 15 is 0 Å². The van der Waals surface area contributed by atoms with Gasteiger partial charge in [0.2, 0.25) is 5.91 Å². The van der Waals surface area contributed by atoms with Crippen LogP contribution in [0.3, 0.4) is 0 Å². The molecule has 0 bridgehead atoms. The van der Waals surface area contributed by atoms with Crippen LogP contribution in [0.15, 0.2) is 54.7 Å². The maximum atomic E-state index is 13.6. The van der Waals surface area contributed by atoms with Crippen LogP contribution in [-0.2, 0) is 16.0 Å². The smallest absolute Gasteiger partial charge is 0.409 e. The largest absolute Gasteiger partial charge is 0.453 e. The summed E-state index contributed by atoms with van der Waals surface area (Å²) in [5, 5.41) is 4.23. The third-order valence-corrected chi connectivity index (χ3v) is 6.39. The van der Waals surface area contributed by atoms with Gasteiger partial charge in [-0.05, 0) is 30.2 Å². The molecular weight excluding hydrogens is 456 g/mol. The van der Waals surface area contributed by atoms with Crippen LogP contribution < -0.4 is 5.32 Å². The summed E-state index contributed by atoms with van der Waals surface area (Å²) in [5.41, 5.74) is 2.21. The number of hydrogen-bond donors (Lipinski definition) is 2. The third-order valence-electron chi connectivity index (χ3n) is 6.06. The zero-order valence-electron chi connectivity index (χ0n) is 18.9. The topological polar surface area (TPSA) is 94.7 Å². The Bertz CT molecular complexity index is 1190. The SMILES string of the molecule is COC(=O)N1CCCN(C(=O)C(Cc2c[nH]c3ccccc23)NC(=O)c2ccccc2Cl)CC1. The number of benzene rings is 2. The van der Waals surface area contributed by atoms with Gasteiger partial charge in [-0.15, -0.1) is 0 Å². The second-order valence-electron chi connectivity index (χ2n) is 8.21. The lowest BCUT2D eigenvalue weighted by Crippen LogP contribution is -2.50. The number of nitrogens with zero attached hydrogens (tertiary/aromatic N) is 2. The Hall–Kier alpha value is -3.52. The number of hydrogen-bond acceptors (Lipinski definition) is 4. The first-order valence-electron chi connectivity index (χ1n) is 11.2. The van der Waals surface area contributed by atoms with Crippen molar-refractivity contribution >= 4 is 40.4 Å². The van der Waals surface area contributed by atoms with Crippen LogP contribution in [0.25, 0.3) is 10.9 Å². The highest BCUT2D eigenvalue weighted by atomic mass is 35.5. The molecule has 2 N–H and O–H groups in total. The molecule has 3 amide bonds. The number of aromatic nitrogens is 1. The number of ether oxygens (including phenoxy) is 1. The molecule has 1 aromatic heterocycles. The molecule has 0 saturated carbocycles. The Balaban J connectivity index is 1.57. The fourth-order valence-corrected chi connectivity index (χ4v) is 4.49. The minimum Gasteiger partial charge on any atom is -0.453 e. The molecule has 4 rings (SSSR count). The van der Waals surface area contributed by atoms with E-state index in [1.807, 2.05) is 30.5 Å². The van der Waals surface area contributed by atoms with Gasteiger partial charge < -0.3 is 24.8 Å². The number of para-hydroxylation sites is 1. The van der Waals surface area contributed by atoms with Crippen molar-refractivity contribution in [2.75, 3.05) is 33.3 Å². The second kappa shape index (κ2) is 10.6. The summed E-state index contributed by atoms with van der Waals surface area (Å²) in [5.74, 6) is -0.604. The predicted molar refractivity (Wildman–Crippen MR) is 130 cm³/mol. The molecule has 1 aliphatic rings. The number of fused-ring (bicyclic) bond motifs is 1. The number of methoxy groups -OCH3 is 1. The lowest BCUT2D eigenvalue weighted by Gasteiger charge is -2.27. The predicted octanol–water partition coefficient (Wildman–Crippen LogP) is 3.46. The standard InChI is InChI=1S/C25H27ClN4O4/c1-34-25(33)30-12-6-11-29(13-14-30)24(32)22(28-23(31)19-8-2-4-9-20(19)26)15-17-16-27-21-10-5-3-7-18(17)21/h2-5,7-10,16,22,27H,6,11-15H2,1H3,(H,28,31). The molecule has 1 aliphatic heterocycles. The molecule has 0 radical (unpaired) electrons. The van der Waals surface area contributed by atoms with Crippen LogP contribution in [-0.4, -0.2) is 72.0 Å². The van der Waals surface area contributed by atoms with Crippen LogP contribution in [0.4, 0.5) is 4.79 Å². The molecule has 9 heteroatoms. The monoisotopic (exact) mass is 482 g/mol. The minimum absolute atomic E-state index is 0.197. The van der Waals surface area contributed by atoms with E-state index < -0.39 is 18.0 Å². The van der Waals surface area contributed by atoms with Gasteiger partial charge in [-0.1, -0.05) is 41.9 Å². The molecule has 178 valence electrons. The fraction of sp³-hybridized carbons (Fsp3) is 0.320. The highest BCUT2D eigenvalue weighted by Crippen LogP contribution is 2.21. The van der Waals surface area contributed by atoms with E-state index in [0.717, 1.165) is 16.5 Å². The summed E-state index contributed by atoms with van der Waals surface area (Å²) in [6, 6.07) is 13.8. The van der Waals surface area contributed by atoms with Gasteiger partial charge in [-0.3, -0.25) is 9.59 Å². The van der Waals surface area contributed by atoms with Gasteiger partial charge in [0.25, 0.3) is 5.91 Å². The van der Waals surface area contributed by atoms with Crippen LogP contribution >= 0.6 is 11.6 Å². The molecule has 0 spiro atoms. The molecule has 1 saturated heterocycles. The number of aromatic amines is 1. The average Bonchev–Trinajstić information content (AvgIpc) is 3.09. The summed E-state index contributed by atoms with van der Waals surface area (Å²) < 4.78 is 4.82. The third kappa shape index (κ3) is 5.17. The first-order valence-corrected chi connectivity index (χ1v) is 11.6. The normalized spacial score (nSPS) is 15.0. The number of H-pyrrole nitrogens is 1. The van der Waals surface area contributed by atoms with Gasteiger partial charge in [0, 0.05) is 49.7 Å². The minimum atomic E-state index is -0.798. The van der Waals surface area contributed by atoms with Gasteiger partial charge in [-0.2, -0.15) is 0 Å². The molecule has 1 unspecified atom stereocenters. The van der Waals surface area contributed by atoms with E-state index in [9.17, 15) is 14.4 Å². The van der Waals surface area contributed by atoms with Crippen LogP contribution in [0.1, 0.15) is 22.3 Å². The number of carbonyl (C=O) groups is 3. The van der Waals surface area contributed by atoms with E-state index in [1.165, 1.54) is 7.11 Å². The Labute approximate surface area is 202 Å². The highest BCUT2D eigenvalue weighted by molar-refractivity contribution is 6.33. The summed E-state index contributed by atoms with van der Waals surface area (Å²) in [6.45, 7) is 1.73. The Morgan fingerprint density at radius 1 is 1.03 bits per heavy atom. The van der Waals surface area contributed by atoms with E-state index in [4.69, 9.17) is 16.3 Å². The fourth-order valence-electron chi connectivity index (χ4n) is 4.27. The van der Waals surface area contributed by atoms with Gasteiger partial charge >= 0.3 is 6.09 Å². The number of nitrogens with one attached hydrogen (secondary N) is 2. The lowest BCUT2D eigenvalue weighted by atomic mass is 10.0. The van der Waals surface area contributed by atoms with Crippen LogP contribution in [0.5, 0.6) is 0 Å². The van der Waals surface area contributed by atoms with Gasteiger partial charge in [0.05, 0.1) is 17.7 Å². The van der Waals surface area contributed by atoms with Crippen molar-refractivity contribution in [3.8, 4) is 0 Å². The molecule has 3 aromatic rings. The summed E-state index contributed by atoms with van der Waals surface area (Å²) in [7, 11) is 1.34. The van der Waals surface area contributed by atoms with Crippen molar-refractivity contribution in [2.24, 2.45) is 0 Å². The molecule has 0 aliphatic carbocycles. The van der Waals surface area contributed by atoms with Gasteiger partial charge in [0.15, 0.2) is 0 Å². The van der Waals surface area contributed by atoms with Crippen molar-refractivity contribution in [3.05, 3.63) is 70.9 Å². The van der Waals surface area contributed by atoms with Gasteiger partial charge in [-0.25, -0.2) is 4.79 Å². The van der Waals surface area contributed by atoms with Crippen molar-refractivity contribution in [2.45, 2.75) is 18.9 Å². The summed E-state index contributed by atoms with van der Waals surface area (Å²) >= 11 is 6.22. The van der Waals surface area contributed by atoms with E-state index in [-0.39, 0.29) is 5.91 Å². The highest BCUT2D eigenvalue weighted by Gasteiger charge is 2.30. The second-order valence-corrected chi connectivity index (χ2v) is 8.61. The van der Waals surface area contributed by atoms with Crippen molar-refractivity contribution < 1.29 is 19.1 Å². The van der Waals surface area contributed by atoms with Gasteiger partial charge in [0.1, 0.15) is 6.04 Å². The first-order chi connectivity index (χ1) is 16.5. The quantitative estimate of drug-likeness (QED) is 0.582. The maximum Gasteiger partial charge on any atom is 0.409 e. The molecular formula is C25H27ClN4O4. The zero-order chi connectivity index (χ0) is 24.1. The van der Waals surface area contributed by atoms with Crippen molar-refractivity contribution in [1.29, 1.82) is 0 Å².